The number of nitrogens with two attached hydrogens (primary N) is 3. The van der Waals surface area contributed by atoms with E-state index in [2.05, 4.69) is 107 Å². The molecule has 0 radical (unpaired) electrons. The van der Waals surface area contributed by atoms with Gasteiger partial charge in [0, 0.05) is 84.2 Å². The second-order valence-electron chi connectivity index (χ2n) is 36.7. The Kier molecular flexibility index (Phi) is 58.0. The summed E-state index contributed by atoms with van der Waals surface area (Å²) in [7, 11) is 0. The maximum atomic E-state index is 15.5. The third-order valence-electron chi connectivity index (χ3n) is 24.5. The number of aliphatic carboxylic acids is 2. The number of aromatic amines is 1. The third-order valence-corrected chi connectivity index (χ3v) is 24.5. The number of hydrogen-bond donors (Lipinski definition) is 24. The van der Waals surface area contributed by atoms with Gasteiger partial charge in [-0.1, -0.05) is 170 Å². The van der Waals surface area contributed by atoms with Gasteiger partial charge in [-0.2, -0.15) is 0 Å². The number of phenolic OH excluding ortho intramolecular Hbond substituents is 1. The lowest BCUT2D eigenvalue weighted by atomic mass is 9.98. The van der Waals surface area contributed by atoms with E-state index in [0.29, 0.717) is 34.4 Å². The molecule has 27 N–H and O–H groups in total. The first kappa shape index (κ1) is 124. The van der Waals surface area contributed by atoms with Crippen LogP contribution in [0.1, 0.15) is 209 Å². The Morgan fingerprint density at radius 1 is 0.570 bits per heavy atom. The SMILES string of the molecule is C=C(C[C@@H]1NC(=O)[C@H](CCCNCN)NC(=O)[C@@H](Cc2ccccc2)NC(=O)[C@@H]2C[C@@H](O)CN2C(=O)[C@@H](NC(=O)[C@H](CCCC)NC(=O)C(CNC(=O)CN(CC(=O)O)CC(=O)O)NC(=O)[C@H](Cc2ccc(O)cc2)NC(=O)[C@H](CCC(N)=O)NC(=O)[C@H](CO)NC(=O)CNC(=O)COCCOCCNC(=O)CCCCCCCCCCCCCCCc2nnn[nH]2)CCC(=O)NCCCC[C@@H](C(N)=O)NC1=O)c1ccccc1. The van der Waals surface area contributed by atoms with E-state index in [1.807, 2.05) is 0 Å². The van der Waals surface area contributed by atoms with Crippen molar-refractivity contribution in [2.45, 2.75) is 279 Å². The number of rotatable bonds is 65. The second kappa shape index (κ2) is 69.9. The molecular formula is C99H150N24O26. The molecule has 149 heavy (non-hydrogen) atoms. The fourth-order valence-corrected chi connectivity index (χ4v) is 16.4. The maximum Gasteiger partial charge on any atom is 0.317 e. The minimum Gasteiger partial charge on any atom is -0.508 e. The predicted molar refractivity (Wildman–Crippen MR) is 539 cm³/mol. The summed E-state index contributed by atoms with van der Waals surface area (Å²) in [4.78, 5) is 267. The van der Waals surface area contributed by atoms with Crippen molar-refractivity contribution in [1.82, 2.24) is 110 Å². The number of carboxylic acids is 2. The number of H-pyrrole nitrogens is 1. The zero-order valence-corrected chi connectivity index (χ0v) is 84.5. The topological polar surface area (TPSA) is 763 Å². The highest BCUT2D eigenvalue weighted by Gasteiger charge is 2.45. The van der Waals surface area contributed by atoms with E-state index in [1.165, 1.54) is 69.2 Å². The number of ether oxygens (including phenoxy) is 2. The van der Waals surface area contributed by atoms with Gasteiger partial charge in [-0.3, -0.25) is 96.0 Å². The summed E-state index contributed by atoms with van der Waals surface area (Å²) in [5.41, 5.74) is 18.8. The van der Waals surface area contributed by atoms with E-state index in [-0.39, 0.29) is 121 Å². The minimum absolute atomic E-state index is 0.0431. The molecule has 0 bridgehead atoms. The Morgan fingerprint density at radius 3 is 1.79 bits per heavy atom. The third kappa shape index (κ3) is 50.0. The van der Waals surface area contributed by atoms with Crippen LogP contribution in [0, 0.1) is 0 Å². The van der Waals surface area contributed by atoms with Gasteiger partial charge in [0.25, 0.3) is 0 Å². The Hall–Kier alpha value is -14.1. The average Bonchev–Trinajstić information content (AvgIpc) is 1.67. The van der Waals surface area contributed by atoms with Crippen molar-refractivity contribution in [3.8, 4) is 5.75 Å². The van der Waals surface area contributed by atoms with Crippen LogP contribution in [0.2, 0.25) is 0 Å². The van der Waals surface area contributed by atoms with E-state index in [1.54, 1.807) is 67.6 Å². The van der Waals surface area contributed by atoms with Crippen LogP contribution in [0.3, 0.4) is 0 Å². The lowest BCUT2D eigenvalue weighted by molar-refractivity contribution is -0.143. The Bertz CT molecular complexity index is 4920. The zero-order valence-electron chi connectivity index (χ0n) is 84.5. The zero-order chi connectivity index (χ0) is 109. The number of aliphatic hydroxyl groups excluding tert-OH is 2. The molecule has 2 aliphatic heterocycles. The molecule has 2 saturated heterocycles. The van der Waals surface area contributed by atoms with E-state index >= 15 is 28.8 Å². The van der Waals surface area contributed by atoms with Crippen LogP contribution < -0.4 is 97.0 Å². The summed E-state index contributed by atoms with van der Waals surface area (Å²) in [5, 5.41) is 104. The Labute approximate surface area is 864 Å². The summed E-state index contributed by atoms with van der Waals surface area (Å²) in [5.74, 6) is -19.3. The molecule has 17 amide bonds. The number of nitrogens with zero attached hydrogens (tertiary/aromatic N) is 5. The molecule has 822 valence electrons. The lowest BCUT2D eigenvalue weighted by Gasteiger charge is -2.31. The molecule has 3 aromatic carbocycles. The maximum absolute atomic E-state index is 15.5. The minimum atomic E-state index is -2.10. The normalized spacial score (nSPS) is 18.0. The lowest BCUT2D eigenvalue weighted by Crippen LogP contribution is -2.62. The van der Waals surface area contributed by atoms with Crippen molar-refractivity contribution in [3.05, 3.63) is 114 Å². The molecule has 12 atom stereocenters. The summed E-state index contributed by atoms with van der Waals surface area (Å²) in [6.45, 7) is -0.485. The highest BCUT2D eigenvalue weighted by molar-refractivity contribution is 6.01. The number of aromatic nitrogens is 4. The molecule has 50 heteroatoms. The number of nitrogens with one attached hydrogen (secondary N) is 16. The Morgan fingerprint density at radius 2 is 1.16 bits per heavy atom. The van der Waals surface area contributed by atoms with Crippen LogP contribution in [0.25, 0.3) is 5.57 Å². The molecule has 1 unspecified atom stereocenters. The van der Waals surface area contributed by atoms with Gasteiger partial charge in [-0.15, -0.1) is 5.10 Å². The predicted octanol–water partition coefficient (Wildman–Crippen LogP) is -3.54. The van der Waals surface area contributed by atoms with Gasteiger partial charge in [0.1, 0.15) is 84.6 Å². The standard InChI is InChI=1S/C99H150N24O26/c1-3-4-31-70(90(138)113-73-41-43-83(129)104-45-25-24-32-69(89(102)137)109-93(141)74(50-63(2)66-29-20-17-21-30-66)114-91(139)71(33-26-44-103-62-100)110-94(142)76(51-64-27-18-16-19-28-64)116-98(146)79-53-68(126)56-123(79)99(73)147)111-96(144)77(54-106-85(131)57-122(58-87(133)134)59-88(135)136)117-95(143)75(52-65-36-38-67(125)39-37-65)115-92(140)72(40-42-80(101)127)112-97(145)78(60-124)108-84(130)55-107-86(132)61-149-49-48-148-47-46-105-82(128)35-23-15-13-11-9-7-5-6-8-10-12-14-22-34-81-118-120-121-119-81/h16-21,27-30,36-39,68-79,103,124-126H,2-15,22-26,31-35,40-62,100H2,1H3,(H2,101,127)(H2,102,137)(H,104,129)(H,105,128)(H,106,131)(H,107,132)(H,108,130)(H,109,141)(H,110,142)(H,111,144)(H,112,145)(H,113,138)(H,114,139)(H,115,140)(H,116,146)(H,117,143)(H,133,134)(H,135,136)(H,118,119,120,121)/t68-,69+,70+,71+,72+,73+,74+,75+,76-,77?,78+,79+/m1/s1. The van der Waals surface area contributed by atoms with Crippen molar-refractivity contribution in [2.24, 2.45) is 17.2 Å². The van der Waals surface area contributed by atoms with Crippen molar-refractivity contribution in [1.29, 1.82) is 0 Å². The van der Waals surface area contributed by atoms with Crippen LogP contribution in [0.4, 0.5) is 0 Å². The number of fused-ring (bicyclic) bond motifs is 1. The van der Waals surface area contributed by atoms with Gasteiger partial charge < -0.3 is 137 Å². The van der Waals surface area contributed by atoms with Crippen molar-refractivity contribution >= 4 is 118 Å². The first-order chi connectivity index (χ1) is 71.5. The number of benzene rings is 3. The summed E-state index contributed by atoms with van der Waals surface area (Å²) in [6.07, 6.45) is 11.1. The number of aryl methyl sites for hydroxylation is 1. The number of unbranched alkanes of at least 4 members (excludes halogenated alkanes) is 13. The molecule has 2 aliphatic rings. The number of aliphatic hydroxyl groups is 2. The molecule has 6 rings (SSSR count). The number of aromatic hydroxyl groups is 1. The van der Waals surface area contributed by atoms with Crippen LogP contribution >= 0.6 is 0 Å². The monoisotopic (exact) mass is 2090 g/mol. The number of tetrazole rings is 1. The molecular weight excluding hydrogens is 1940 g/mol. The van der Waals surface area contributed by atoms with Crippen molar-refractivity contribution in [3.63, 3.8) is 0 Å². The van der Waals surface area contributed by atoms with Crippen molar-refractivity contribution in [2.75, 3.05) is 98.6 Å². The van der Waals surface area contributed by atoms with E-state index in [9.17, 15) is 87.9 Å². The summed E-state index contributed by atoms with van der Waals surface area (Å²) < 4.78 is 10.9. The van der Waals surface area contributed by atoms with E-state index in [4.69, 9.17) is 26.7 Å². The highest BCUT2D eigenvalue weighted by atomic mass is 16.5. The molecule has 0 saturated carbocycles. The average molecular weight is 2090 g/mol. The van der Waals surface area contributed by atoms with Crippen LogP contribution in [0.5, 0.6) is 5.75 Å². The first-order valence-corrected chi connectivity index (χ1v) is 50.8. The van der Waals surface area contributed by atoms with Crippen LogP contribution in [-0.4, -0.2) is 339 Å². The fraction of sp³-hybridized carbons (Fsp3) is 0.596. The number of carboxylic acid groups (broad SMARTS) is 2. The summed E-state index contributed by atoms with van der Waals surface area (Å²) >= 11 is 0. The van der Waals surface area contributed by atoms with E-state index in [0.717, 1.165) is 55.7 Å². The van der Waals surface area contributed by atoms with Gasteiger partial charge in [-0.25, -0.2) is 5.10 Å². The highest BCUT2D eigenvalue weighted by Crippen LogP contribution is 2.25. The van der Waals surface area contributed by atoms with Gasteiger partial charge in [-0.05, 0) is 116 Å². The quantitative estimate of drug-likeness (QED) is 0.0150. The second-order valence-corrected chi connectivity index (χ2v) is 36.7. The number of carbonyl (C=O) groups excluding carboxylic acids is 17. The number of amides is 17. The number of carbonyl (C=O) groups is 19. The van der Waals surface area contributed by atoms with Gasteiger partial charge in [0.2, 0.25) is 100 Å². The Balaban J connectivity index is 1.18. The first-order valence-electron chi connectivity index (χ1n) is 50.8. The molecule has 0 aliphatic carbocycles. The molecule has 2 fully saturated rings. The molecule has 50 nitrogen and oxygen atoms in total. The molecule has 1 aromatic heterocycles. The number of phenols is 1. The smallest absolute Gasteiger partial charge is 0.317 e. The van der Waals surface area contributed by atoms with Crippen LogP contribution in [0.15, 0.2) is 91.5 Å². The van der Waals surface area contributed by atoms with Gasteiger partial charge >= 0.3 is 11.9 Å². The largest absolute Gasteiger partial charge is 0.508 e. The molecule has 0 spiro atoms. The van der Waals surface area contributed by atoms with E-state index < -0.39 is 270 Å². The number of hydrogen-bond acceptors (Lipinski definition) is 30. The summed E-state index contributed by atoms with van der Waals surface area (Å²) in [6, 6.07) is 3.26. The van der Waals surface area contributed by atoms with Gasteiger partial charge in [0.05, 0.1) is 58.7 Å². The molecule has 3 heterocycles. The van der Waals surface area contributed by atoms with Crippen LogP contribution in [-0.2, 0) is 120 Å². The number of primary amides is 2. The van der Waals surface area contributed by atoms with Gasteiger partial charge in [0.15, 0.2) is 0 Å². The fourth-order valence-electron chi connectivity index (χ4n) is 16.4. The molecule has 4 aromatic rings. The van der Waals surface area contributed by atoms with Crippen molar-refractivity contribution < 1.29 is 126 Å².